The smallest absolute Gasteiger partial charge is 0.191 e. The number of hydrogen-bond donors (Lipinski definition) is 2. The topological polar surface area (TPSA) is 63.5 Å². The minimum Gasteiger partial charge on any atom is -0.383 e. The van der Waals surface area contributed by atoms with E-state index in [9.17, 15) is 0 Å². The molecule has 0 aliphatic heterocycles. The summed E-state index contributed by atoms with van der Waals surface area (Å²) in [5.41, 5.74) is 4.34. The van der Waals surface area contributed by atoms with Gasteiger partial charge in [0, 0.05) is 31.0 Å². The molecule has 26 heavy (non-hydrogen) atoms. The van der Waals surface area contributed by atoms with Gasteiger partial charge in [-0.3, -0.25) is 0 Å². The van der Waals surface area contributed by atoms with Gasteiger partial charge in [0.1, 0.15) is 0 Å². The van der Waals surface area contributed by atoms with Crippen molar-refractivity contribution in [1.82, 2.24) is 20.4 Å². The zero-order chi connectivity index (χ0) is 18.2. The van der Waals surface area contributed by atoms with Crippen LogP contribution in [0.2, 0.25) is 0 Å². The van der Waals surface area contributed by atoms with E-state index in [4.69, 9.17) is 9.73 Å². The van der Waals surface area contributed by atoms with Crippen molar-refractivity contribution in [2.24, 2.45) is 4.99 Å². The average Bonchev–Trinajstić information content (AvgIpc) is 2.88. The summed E-state index contributed by atoms with van der Waals surface area (Å²) in [7, 11) is 1.70. The van der Waals surface area contributed by atoms with Crippen LogP contribution in [0.25, 0.3) is 5.69 Å². The SMILES string of the molecule is CCNC(=NCc1c(C)nn(-c2ccccc2)c1C)NC(C)COC.I. The highest BCUT2D eigenvalue weighted by Gasteiger charge is 2.13. The summed E-state index contributed by atoms with van der Waals surface area (Å²) in [5, 5.41) is 11.3. The molecule has 6 nitrogen and oxygen atoms in total. The van der Waals surface area contributed by atoms with Gasteiger partial charge < -0.3 is 15.4 Å². The Morgan fingerprint density at radius 3 is 2.58 bits per heavy atom. The van der Waals surface area contributed by atoms with Gasteiger partial charge in [-0.25, -0.2) is 9.67 Å². The molecule has 0 amide bonds. The quantitative estimate of drug-likeness (QED) is 0.370. The molecule has 144 valence electrons. The van der Waals surface area contributed by atoms with E-state index >= 15 is 0 Å². The van der Waals surface area contributed by atoms with Gasteiger partial charge in [-0.15, -0.1) is 24.0 Å². The Bertz CT molecular complexity index is 699. The summed E-state index contributed by atoms with van der Waals surface area (Å²) in [6.07, 6.45) is 0. The minimum absolute atomic E-state index is 0. The van der Waals surface area contributed by atoms with Gasteiger partial charge in [0.05, 0.1) is 24.5 Å². The van der Waals surface area contributed by atoms with Gasteiger partial charge in [0.25, 0.3) is 0 Å². The van der Waals surface area contributed by atoms with Crippen LogP contribution in [0.15, 0.2) is 35.3 Å². The van der Waals surface area contributed by atoms with Crippen molar-refractivity contribution in [2.75, 3.05) is 20.3 Å². The lowest BCUT2D eigenvalue weighted by atomic mass is 10.2. The third kappa shape index (κ3) is 5.98. The van der Waals surface area contributed by atoms with Crippen LogP contribution in [-0.4, -0.2) is 42.0 Å². The van der Waals surface area contributed by atoms with E-state index in [0.29, 0.717) is 13.2 Å². The number of hydrogen-bond acceptors (Lipinski definition) is 3. The molecule has 0 bridgehead atoms. The molecule has 0 spiro atoms. The van der Waals surface area contributed by atoms with Crippen LogP contribution < -0.4 is 10.6 Å². The van der Waals surface area contributed by atoms with Gasteiger partial charge in [-0.05, 0) is 39.8 Å². The minimum atomic E-state index is 0. The molecule has 2 aromatic rings. The Morgan fingerprint density at radius 2 is 1.96 bits per heavy atom. The van der Waals surface area contributed by atoms with Gasteiger partial charge in [0.2, 0.25) is 0 Å². The van der Waals surface area contributed by atoms with Crippen molar-refractivity contribution in [3.8, 4) is 5.69 Å². The number of aliphatic imine (C=N–C) groups is 1. The van der Waals surface area contributed by atoms with E-state index in [1.54, 1.807) is 7.11 Å². The Labute approximate surface area is 173 Å². The van der Waals surface area contributed by atoms with E-state index in [0.717, 1.165) is 35.1 Å². The standard InChI is InChI=1S/C19H29N5O.HI/c1-6-20-19(22-14(2)13-25-5)21-12-18-15(3)23-24(16(18)4)17-10-8-7-9-11-17;/h7-11,14H,6,12-13H2,1-5H3,(H2,20,21,22);1H. The maximum Gasteiger partial charge on any atom is 0.191 e. The van der Waals surface area contributed by atoms with E-state index in [1.807, 2.05) is 29.8 Å². The van der Waals surface area contributed by atoms with Crippen LogP contribution in [0.5, 0.6) is 0 Å². The first-order chi connectivity index (χ1) is 12.1. The second-order valence-electron chi connectivity index (χ2n) is 6.09. The Balaban J connectivity index is 0.00000338. The number of guanidine groups is 1. The molecule has 0 radical (unpaired) electrons. The maximum absolute atomic E-state index is 5.18. The zero-order valence-corrected chi connectivity index (χ0v) is 18.6. The monoisotopic (exact) mass is 471 g/mol. The van der Waals surface area contributed by atoms with E-state index in [1.165, 1.54) is 0 Å². The van der Waals surface area contributed by atoms with Crippen molar-refractivity contribution in [1.29, 1.82) is 0 Å². The Hall–Kier alpha value is -1.61. The van der Waals surface area contributed by atoms with Crippen LogP contribution in [0, 0.1) is 13.8 Å². The molecule has 0 fully saturated rings. The number of benzene rings is 1. The first-order valence-corrected chi connectivity index (χ1v) is 8.71. The fourth-order valence-electron chi connectivity index (χ4n) is 2.73. The predicted octanol–water partition coefficient (Wildman–Crippen LogP) is 3.20. The maximum atomic E-state index is 5.18. The number of aromatic nitrogens is 2. The molecular formula is C19H30IN5O. The van der Waals surface area contributed by atoms with Gasteiger partial charge >= 0.3 is 0 Å². The van der Waals surface area contributed by atoms with Crippen LogP contribution >= 0.6 is 24.0 Å². The fourth-order valence-corrected chi connectivity index (χ4v) is 2.73. The molecule has 0 saturated carbocycles. The van der Waals surface area contributed by atoms with Gasteiger partial charge in [-0.2, -0.15) is 5.10 Å². The highest BCUT2D eigenvalue weighted by molar-refractivity contribution is 14.0. The molecule has 1 aromatic heterocycles. The molecular weight excluding hydrogens is 441 g/mol. The van der Waals surface area contributed by atoms with Crippen molar-refractivity contribution >= 4 is 29.9 Å². The molecule has 0 aliphatic rings. The van der Waals surface area contributed by atoms with E-state index < -0.39 is 0 Å². The molecule has 1 atom stereocenters. The second kappa shape index (κ2) is 11.2. The molecule has 0 saturated heterocycles. The number of para-hydroxylation sites is 1. The lowest BCUT2D eigenvalue weighted by molar-refractivity contribution is 0.179. The van der Waals surface area contributed by atoms with Crippen molar-refractivity contribution in [3.05, 3.63) is 47.3 Å². The molecule has 1 heterocycles. The molecule has 1 unspecified atom stereocenters. The third-order valence-corrected chi connectivity index (χ3v) is 3.98. The summed E-state index contributed by atoms with van der Waals surface area (Å²) >= 11 is 0. The van der Waals surface area contributed by atoms with Crippen LogP contribution in [0.4, 0.5) is 0 Å². The summed E-state index contributed by atoms with van der Waals surface area (Å²) in [4.78, 5) is 4.72. The number of methoxy groups -OCH3 is 1. The first kappa shape index (κ1) is 22.4. The summed E-state index contributed by atoms with van der Waals surface area (Å²) in [6, 6.07) is 10.4. The number of halogens is 1. The largest absolute Gasteiger partial charge is 0.383 e. The molecule has 1 aromatic carbocycles. The van der Waals surface area contributed by atoms with Gasteiger partial charge in [-0.1, -0.05) is 18.2 Å². The average molecular weight is 471 g/mol. The number of nitrogens with one attached hydrogen (secondary N) is 2. The summed E-state index contributed by atoms with van der Waals surface area (Å²) in [6.45, 7) is 10.3. The number of rotatable bonds is 7. The molecule has 7 heteroatoms. The number of ether oxygens (including phenoxy) is 1. The van der Waals surface area contributed by atoms with Crippen LogP contribution in [-0.2, 0) is 11.3 Å². The number of nitrogens with zero attached hydrogens (tertiary/aromatic N) is 3. The Morgan fingerprint density at radius 1 is 1.27 bits per heavy atom. The molecule has 0 aliphatic carbocycles. The summed E-state index contributed by atoms with van der Waals surface area (Å²) < 4.78 is 7.16. The van der Waals surface area contributed by atoms with Crippen molar-refractivity contribution in [3.63, 3.8) is 0 Å². The van der Waals surface area contributed by atoms with Crippen LogP contribution in [0.1, 0.15) is 30.8 Å². The highest BCUT2D eigenvalue weighted by Crippen LogP contribution is 2.18. The predicted molar refractivity (Wildman–Crippen MR) is 118 cm³/mol. The van der Waals surface area contributed by atoms with E-state index in [2.05, 4.69) is 48.6 Å². The van der Waals surface area contributed by atoms with Crippen molar-refractivity contribution in [2.45, 2.75) is 40.3 Å². The fraction of sp³-hybridized carbons (Fsp3) is 0.474. The Kier molecular flexibility index (Phi) is 9.64. The molecule has 2 rings (SSSR count). The van der Waals surface area contributed by atoms with Crippen LogP contribution in [0.3, 0.4) is 0 Å². The second-order valence-corrected chi connectivity index (χ2v) is 6.09. The van der Waals surface area contributed by atoms with Crippen molar-refractivity contribution < 1.29 is 4.74 Å². The highest BCUT2D eigenvalue weighted by atomic mass is 127. The third-order valence-electron chi connectivity index (χ3n) is 3.98. The first-order valence-electron chi connectivity index (χ1n) is 8.71. The lowest BCUT2D eigenvalue weighted by Gasteiger charge is -2.17. The zero-order valence-electron chi connectivity index (χ0n) is 16.2. The summed E-state index contributed by atoms with van der Waals surface area (Å²) in [5.74, 6) is 0.790. The lowest BCUT2D eigenvalue weighted by Crippen LogP contribution is -2.43. The van der Waals surface area contributed by atoms with E-state index in [-0.39, 0.29) is 30.0 Å². The number of aryl methyl sites for hydroxylation is 1. The molecule has 2 N–H and O–H groups in total. The van der Waals surface area contributed by atoms with Gasteiger partial charge in [0.15, 0.2) is 5.96 Å². The normalized spacial score (nSPS) is 12.4.